The summed E-state index contributed by atoms with van der Waals surface area (Å²) in [5, 5.41) is 13.2. The molecule has 1 fully saturated rings. The number of fused-ring (bicyclic) bond motifs is 1. The number of carbonyl (C=O) groups is 2. The van der Waals surface area contributed by atoms with E-state index in [0.29, 0.717) is 29.2 Å². The second-order valence-corrected chi connectivity index (χ2v) is 12.0. The third kappa shape index (κ3) is 5.40. The van der Waals surface area contributed by atoms with E-state index in [2.05, 4.69) is 15.5 Å². The van der Waals surface area contributed by atoms with Gasteiger partial charge in [-0.2, -0.15) is 9.40 Å². The van der Waals surface area contributed by atoms with Crippen LogP contribution in [0.4, 0.5) is 5.69 Å². The number of aromatic nitrogens is 2. The monoisotopic (exact) mass is 549 g/mol. The van der Waals surface area contributed by atoms with Gasteiger partial charge in [0.1, 0.15) is 0 Å². The van der Waals surface area contributed by atoms with Crippen molar-refractivity contribution in [3.8, 4) is 0 Å². The Morgan fingerprint density at radius 2 is 1.82 bits per heavy atom. The Morgan fingerprint density at radius 3 is 2.53 bits per heavy atom. The van der Waals surface area contributed by atoms with Gasteiger partial charge in [0, 0.05) is 42.8 Å². The van der Waals surface area contributed by atoms with Crippen LogP contribution in [0.15, 0.2) is 53.9 Å². The SMILES string of the molecule is Cc1ccsc1C(=O)Nc1cc(C(=O)N2CCN(S(C)(=O)=O)CC2)ccc1/C=C/c1n[nH]c2ccccc12. The number of para-hydroxylation sites is 1. The van der Waals surface area contributed by atoms with Gasteiger partial charge in [-0.05, 0) is 53.8 Å². The van der Waals surface area contributed by atoms with Gasteiger partial charge in [0.05, 0.1) is 22.3 Å². The maximum Gasteiger partial charge on any atom is 0.266 e. The van der Waals surface area contributed by atoms with E-state index in [9.17, 15) is 18.0 Å². The summed E-state index contributed by atoms with van der Waals surface area (Å²) in [5.74, 6) is -0.460. The van der Waals surface area contributed by atoms with Crippen molar-refractivity contribution in [2.45, 2.75) is 6.92 Å². The molecule has 1 aliphatic heterocycles. The van der Waals surface area contributed by atoms with Gasteiger partial charge < -0.3 is 10.2 Å². The summed E-state index contributed by atoms with van der Waals surface area (Å²) in [6, 6.07) is 14.9. The lowest BCUT2D eigenvalue weighted by molar-refractivity contribution is 0.0698. The molecular weight excluding hydrogens is 522 g/mol. The summed E-state index contributed by atoms with van der Waals surface area (Å²) in [5.41, 5.74) is 4.20. The van der Waals surface area contributed by atoms with Crippen LogP contribution >= 0.6 is 11.3 Å². The summed E-state index contributed by atoms with van der Waals surface area (Å²) >= 11 is 1.36. The summed E-state index contributed by atoms with van der Waals surface area (Å²) in [6.45, 7) is 2.99. The summed E-state index contributed by atoms with van der Waals surface area (Å²) in [6.07, 6.45) is 4.90. The number of anilines is 1. The topological polar surface area (TPSA) is 115 Å². The van der Waals surface area contributed by atoms with Crippen LogP contribution in [0.25, 0.3) is 23.1 Å². The minimum atomic E-state index is -3.30. The first kappa shape index (κ1) is 25.8. The van der Waals surface area contributed by atoms with Crippen molar-refractivity contribution >= 4 is 61.9 Å². The number of nitrogens with zero attached hydrogens (tertiary/aromatic N) is 3. The number of rotatable bonds is 6. The zero-order chi connectivity index (χ0) is 26.9. The Kier molecular flexibility index (Phi) is 7.15. The average molecular weight is 550 g/mol. The number of hydrogen-bond acceptors (Lipinski definition) is 6. The minimum absolute atomic E-state index is 0.213. The predicted octanol–water partition coefficient (Wildman–Crippen LogP) is 4.07. The highest BCUT2D eigenvalue weighted by Crippen LogP contribution is 2.26. The fourth-order valence-electron chi connectivity index (χ4n) is 4.41. The standard InChI is InChI=1S/C27H27N5O4S2/c1-18-11-16-37-25(18)26(33)28-24-17-20(27(34)31-12-14-32(15-13-31)38(2,35)36)8-7-19(24)9-10-23-21-5-3-4-6-22(21)29-30-23/h3-11,16-17H,12-15H2,1-2H3,(H,28,33)(H,29,30)/b10-9+. The van der Waals surface area contributed by atoms with Crippen LogP contribution in [0.5, 0.6) is 0 Å². The number of nitrogens with one attached hydrogen (secondary N) is 2. The van der Waals surface area contributed by atoms with Gasteiger partial charge in [0.25, 0.3) is 11.8 Å². The minimum Gasteiger partial charge on any atom is -0.336 e. The molecule has 0 spiro atoms. The number of benzene rings is 2. The first-order chi connectivity index (χ1) is 18.2. The van der Waals surface area contributed by atoms with E-state index in [-0.39, 0.29) is 24.9 Å². The van der Waals surface area contributed by atoms with E-state index in [1.165, 1.54) is 21.9 Å². The molecule has 5 rings (SSSR count). The summed E-state index contributed by atoms with van der Waals surface area (Å²) < 4.78 is 25.0. The van der Waals surface area contributed by atoms with Gasteiger partial charge in [-0.25, -0.2) is 8.42 Å². The zero-order valence-electron chi connectivity index (χ0n) is 21.0. The second kappa shape index (κ2) is 10.5. The van der Waals surface area contributed by atoms with Crippen LogP contribution in [-0.4, -0.2) is 72.1 Å². The maximum atomic E-state index is 13.3. The molecule has 0 radical (unpaired) electrons. The largest absolute Gasteiger partial charge is 0.336 e. The molecule has 0 atom stereocenters. The number of aryl methyl sites for hydroxylation is 1. The summed E-state index contributed by atoms with van der Waals surface area (Å²) in [7, 11) is -3.30. The van der Waals surface area contributed by atoms with Gasteiger partial charge in [0.15, 0.2) is 0 Å². The van der Waals surface area contributed by atoms with Crippen molar-refractivity contribution in [1.82, 2.24) is 19.4 Å². The van der Waals surface area contributed by atoms with E-state index < -0.39 is 10.0 Å². The molecule has 1 saturated heterocycles. The molecule has 38 heavy (non-hydrogen) atoms. The van der Waals surface area contributed by atoms with E-state index >= 15 is 0 Å². The number of thiophene rings is 1. The molecule has 0 aliphatic carbocycles. The van der Waals surface area contributed by atoms with Crippen molar-refractivity contribution in [3.05, 3.63) is 81.2 Å². The van der Waals surface area contributed by atoms with Crippen LogP contribution in [-0.2, 0) is 10.0 Å². The molecule has 2 aromatic heterocycles. The van der Waals surface area contributed by atoms with Crippen LogP contribution < -0.4 is 5.32 Å². The van der Waals surface area contributed by atoms with Crippen molar-refractivity contribution in [2.75, 3.05) is 37.8 Å². The Labute approximate surface area is 224 Å². The number of amides is 2. The number of carbonyl (C=O) groups excluding carboxylic acids is 2. The first-order valence-electron chi connectivity index (χ1n) is 12.1. The van der Waals surface area contributed by atoms with E-state index in [1.54, 1.807) is 23.1 Å². The van der Waals surface area contributed by atoms with E-state index in [4.69, 9.17) is 0 Å². The molecule has 2 aromatic carbocycles. The summed E-state index contributed by atoms with van der Waals surface area (Å²) in [4.78, 5) is 28.6. The number of aromatic amines is 1. The number of sulfonamides is 1. The van der Waals surface area contributed by atoms with Crippen LogP contribution in [0.1, 0.15) is 36.9 Å². The van der Waals surface area contributed by atoms with Gasteiger partial charge in [0.2, 0.25) is 10.0 Å². The lowest BCUT2D eigenvalue weighted by atomic mass is 10.1. The molecule has 2 N–H and O–H groups in total. The van der Waals surface area contributed by atoms with Gasteiger partial charge in [-0.15, -0.1) is 11.3 Å². The maximum absolute atomic E-state index is 13.3. The highest BCUT2D eigenvalue weighted by molar-refractivity contribution is 7.88. The molecule has 4 aromatic rings. The fourth-order valence-corrected chi connectivity index (χ4v) is 6.06. The van der Waals surface area contributed by atoms with Crippen LogP contribution in [0.3, 0.4) is 0 Å². The predicted molar refractivity (Wildman–Crippen MR) is 151 cm³/mol. The van der Waals surface area contributed by atoms with Gasteiger partial charge >= 0.3 is 0 Å². The van der Waals surface area contributed by atoms with Gasteiger partial charge in [-0.3, -0.25) is 14.7 Å². The highest BCUT2D eigenvalue weighted by Gasteiger charge is 2.27. The lowest BCUT2D eigenvalue weighted by Gasteiger charge is -2.33. The molecule has 3 heterocycles. The Morgan fingerprint density at radius 1 is 1.05 bits per heavy atom. The van der Waals surface area contributed by atoms with Crippen molar-refractivity contribution < 1.29 is 18.0 Å². The van der Waals surface area contributed by atoms with Crippen LogP contribution in [0.2, 0.25) is 0 Å². The first-order valence-corrected chi connectivity index (χ1v) is 14.8. The number of piperazine rings is 1. The lowest BCUT2D eigenvalue weighted by Crippen LogP contribution is -2.50. The Balaban J connectivity index is 1.43. The van der Waals surface area contributed by atoms with Crippen molar-refractivity contribution in [2.24, 2.45) is 0 Å². The second-order valence-electron chi connectivity index (χ2n) is 9.13. The Hall–Kier alpha value is -3.80. The number of hydrogen-bond donors (Lipinski definition) is 2. The van der Waals surface area contributed by atoms with Crippen LogP contribution in [0, 0.1) is 6.92 Å². The molecule has 1 aliphatic rings. The third-order valence-corrected chi connectivity index (χ3v) is 8.85. The third-order valence-electron chi connectivity index (χ3n) is 6.53. The normalized spacial score (nSPS) is 14.8. The smallest absolute Gasteiger partial charge is 0.266 e. The molecule has 196 valence electrons. The highest BCUT2D eigenvalue weighted by atomic mass is 32.2. The average Bonchev–Trinajstić information content (AvgIpc) is 3.53. The quantitative estimate of drug-likeness (QED) is 0.376. The molecule has 0 unspecified atom stereocenters. The van der Waals surface area contributed by atoms with Crippen molar-refractivity contribution in [1.29, 1.82) is 0 Å². The van der Waals surface area contributed by atoms with Gasteiger partial charge in [-0.1, -0.05) is 30.3 Å². The molecule has 2 amide bonds. The number of H-pyrrole nitrogens is 1. The van der Waals surface area contributed by atoms with E-state index in [0.717, 1.165) is 27.7 Å². The molecule has 11 heteroatoms. The Bertz CT molecular complexity index is 1650. The molecular formula is C27H27N5O4S2. The zero-order valence-corrected chi connectivity index (χ0v) is 22.6. The molecule has 0 saturated carbocycles. The molecule has 9 nitrogen and oxygen atoms in total. The molecule has 0 bridgehead atoms. The van der Waals surface area contributed by atoms with E-state index in [1.807, 2.05) is 54.8 Å². The van der Waals surface area contributed by atoms with Crippen molar-refractivity contribution in [3.63, 3.8) is 0 Å². The fraction of sp³-hybridized carbons (Fsp3) is 0.222.